The zero-order valence-electron chi connectivity index (χ0n) is 11.2. The van der Waals surface area contributed by atoms with Crippen LogP contribution in [0.15, 0.2) is 36.5 Å². The highest BCUT2D eigenvalue weighted by Crippen LogP contribution is 2.22. The van der Waals surface area contributed by atoms with Crippen molar-refractivity contribution in [2.75, 3.05) is 0 Å². The second-order valence-electron chi connectivity index (χ2n) is 4.90. The van der Waals surface area contributed by atoms with Crippen molar-refractivity contribution in [3.8, 4) is 0 Å². The molecule has 2 aromatic rings. The maximum Gasteiger partial charge on any atom is 0.0488 e. The lowest BCUT2D eigenvalue weighted by Gasteiger charge is -2.13. The number of nitrogens with one attached hydrogen (secondary N) is 1. The smallest absolute Gasteiger partial charge is 0.0488 e. The molecule has 0 aliphatic heterocycles. The van der Waals surface area contributed by atoms with Crippen molar-refractivity contribution in [3.05, 3.63) is 57.8 Å². The molecule has 2 rings (SSSR count). The maximum absolute atomic E-state index is 6.21. The van der Waals surface area contributed by atoms with E-state index in [0.717, 1.165) is 23.7 Å². The molecule has 102 valence electrons. The molecule has 0 aliphatic rings. The van der Waals surface area contributed by atoms with Crippen LogP contribution in [0.1, 0.15) is 25.1 Å². The van der Waals surface area contributed by atoms with Crippen molar-refractivity contribution in [3.63, 3.8) is 0 Å². The quantitative estimate of drug-likeness (QED) is 0.868. The van der Waals surface area contributed by atoms with Crippen LogP contribution in [-0.2, 0) is 13.1 Å². The summed E-state index contributed by atoms with van der Waals surface area (Å²) in [6.45, 7) is 5.87. The topological polar surface area (TPSA) is 17.0 Å². The Morgan fingerprint density at radius 2 is 2.00 bits per heavy atom. The monoisotopic (exact) mass is 296 g/mol. The summed E-state index contributed by atoms with van der Waals surface area (Å²) in [6.07, 6.45) is 2.06. The Labute approximate surface area is 124 Å². The minimum atomic E-state index is 0.470. The Morgan fingerprint density at radius 3 is 2.74 bits per heavy atom. The van der Waals surface area contributed by atoms with E-state index in [2.05, 4.69) is 42.1 Å². The highest BCUT2D eigenvalue weighted by atomic mass is 35.5. The summed E-state index contributed by atoms with van der Waals surface area (Å²) in [5.41, 5.74) is 2.28. The third-order valence-corrected chi connectivity index (χ3v) is 3.57. The Kier molecular flexibility index (Phi) is 4.92. The van der Waals surface area contributed by atoms with Gasteiger partial charge in [0.2, 0.25) is 0 Å². The van der Waals surface area contributed by atoms with Gasteiger partial charge < -0.3 is 9.88 Å². The van der Waals surface area contributed by atoms with Crippen LogP contribution in [0, 0.1) is 0 Å². The Bertz CT molecular complexity index is 547. The first-order chi connectivity index (χ1) is 9.06. The maximum atomic E-state index is 6.21. The minimum absolute atomic E-state index is 0.470. The van der Waals surface area contributed by atoms with Gasteiger partial charge in [0.15, 0.2) is 0 Å². The highest BCUT2D eigenvalue weighted by Gasteiger charge is 2.06. The van der Waals surface area contributed by atoms with Crippen LogP contribution in [-0.4, -0.2) is 10.6 Å². The fourth-order valence-corrected chi connectivity index (χ4v) is 2.29. The normalized spacial score (nSPS) is 11.2. The van der Waals surface area contributed by atoms with E-state index in [1.165, 1.54) is 5.69 Å². The van der Waals surface area contributed by atoms with Gasteiger partial charge in [0.25, 0.3) is 0 Å². The van der Waals surface area contributed by atoms with Crippen molar-refractivity contribution in [1.82, 2.24) is 9.88 Å². The Balaban J connectivity index is 2.15. The number of aromatic nitrogens is 1. The van der Waals surface area contributed by atoms with Crippen molar-refractivity contribution in [2.45, 2.75) is 33.0 Å². The van der Waals surface area contributed by atoms with Gasteiger partial charge in [-0.3, -0.25) is 0 Å². The van der Waals surface area contributed by atoms with E-state index >= 15 is 0 Å². The average molecular weight is 297 g/mol. The predicted molar refractivity (Wildman–Crippen MR) is 82.0 cm³/mol. The fourth-order valence-electron chi connectivity index (χ4n) is 1.92. The number of hydrogen-bond acceptors (Lipinski definition) is 1. The number of benzene rings is 1. The zero-order valence-corrected chi connectivity index (χ0v) is 12.7. The molecular formula is C15H18Cl2N2. The van der Waals surface area contributed by atoms with Gasteiger partial charge in [-0.05, 0) is 35.9 Å². The molecule has 2 nitrogen and oxygen atoms in total. The molecule has 0 aliphatic carbocycles. The molecule has 0 unspecified atom stereocenters. The summed E-state index contributed by atoms with van der Waals surface area (Å²) < 4.78 is 2.19. The van der Waals surface area contributed by atoms with Crippen LogP contribution in [0.3, 0.4) is 0 Å². The van der Waals surface area contributed by atoms with E-state index < -0.39 is 0 Å². The van der Waals surface area contributed by atoms with Gasteiger partial charge in [0.1, 0.15) is 0 Å². The largest absolute Gasteiger partial charge is 0.346 e. The van der Waals surface area contributed by atoms with Gasteiger partial charge in [-0.1, -0.05) is 37.0 Å². The Hall–Kier alpha value is -0.960. The summed E-state index contributed by atoms with van der Waals surface area (Å²) in [7, 11) is 0. The second kappa shape index (κ2) is 6.47. The number of rotatable bonds is 5. The fraction of sp³-hybridized carbons (Fsp3) is 0.333. The summed E-state index contributed by atoms with van der Waals surface area (Å²) in [4.78, 5) is 0. The van der Waals surface area contributed by atoms with Crippen LogP contribution >= 0.6 is 23.2 Å². The van der Waals surface area contributed by atoms with E-state index in [0.29, 0.717) is 11.1 Å². The predicted octanol–water partition coefficient (Wildman–Crippen LogP) is 4.34. The molecule has 19 heavy (non-hydrogen) atoms. The van der Waals surface area contributed by atoms with E-state index in [-0.39, 0.29) is 0 Å². The van der Waals surface area contributed by atoms with Gasteiger partial charge in [0, 0.05) is 41.1 Å². The molecule has 0 fully saturated rings. The summed E-state index contributed by atoms with van der Waals surface area (Å²) in [5.74, 6) is 0. The molecule has 0 bridgehead atoms. The van der Waals surface area contributed by atoms with Crippen molar-refractivity contribution >= 4 is 23.2 Å². The van der Waals surface area contributed by atoms with Gasteiger partial charge in [0.05, 0.1) is 0 Å². The van der Waals surface area contributed by atoms with Crippen LogP contribution in [0.2, 0.25) is 10.0 Å². The number of hydrogen-bond donors (Lipinski definition) is 1. The lowest BCUT2D eigenvalue weighted by atomic mass is 10.2. The molecule has 4 heteroatoms. The van der Waals surface area contributed by atoms with Gasteiger partial charge in [-0.15, -0.1) is 0 Å². The van der Waals surface area contributed by atoms with Crippen LogP contribution < -0.4 is 5.32 Å². The number of nitrogens with zero attached hydrogens (tertiary/aromatic N) is 1. The van der Waals surface area contributed by atoms with Crippen molar-refractivity contribution in [2.24, 2.45) is 0 Å². The van der Waals surface area contributed by atoms with Gasteiger partial charge in [-0.25, -0.2) is 0 Å². The molecule has 1 aromatic heterocycles. The molecule has 0 saturated heterocycles. The van der Waals surface area contributed by atoms with Crippen molar-refractivity contribution < 1.29 is 0 Å². The zero-order chi connectivity index (χ0) is 13.8. The first kappa shape index (κ1) is 14.4. The third-order valence-electron chi connectivity index (χ3n) is 2.96. The highest BCUT2D eigenvalue weighted by molar-refractivity contribution is 6.33. The molecule has 0 radical (unpaired) electrons. The Morgan fingerprint density at radius 1 is 1.21 bits per heavy atom. The third kappa shape index (κ3) is 4.00. The van der Waals surface area contributed by atoms with Crippen molar-refractivity contribution in [1.29, 1.82) is 0 Å². The molecular weight excluding hydrogens is 279 g/mol. The summed E-state index contributed by atoms with van der Waals surface area (Å²) in [6, 6.07) is 10.2. The lowest BCUT2D eigenvalue weighted by molar-refractivity contribution is 0.564. The van der Waals surface area contributed by atoms with Crippen LogP contribution in [0.25, 0.3) is 0 Å². The van der Waals surface area contributed by atoms with Gasteiger partial charge >= 0.3 is 0 Å². The minimum Gasteiger partial charge on any atom is -0.346 e. The van der Waals surface area contributed by atoms with Crippen LogP contribution in [0.4, 0.5) is 0 Å². The molecule has 1 aromatic carbocycles. The second-order valence-corrected chi connectivity index (χ2v) is 5.74. The van der Waals surface area contributed by atoms with E-state index in [9.17, 15) is 0 Å². The van der Waals surface area contributed by atoms with Crippen LogP contribution in [0.5, 0.6) is 0 Å². The molecule has 0 saturated carbocycles. The number of halogens is 2. The molecule has 1 heterocycles. The first-order valence-corrected chi connectivity index (χ1v) is 7.13. The van der Waals surface area contributed by atoms with Gasteiger partial charge in [-0.2, -0.15) is 0 Å². The van der Waals surface area contributed by atoms with E-state index in [4.69, 9.17) is 23.2 Å². The van der Waals surface area contributed by atoms with E-state index in [1.807, 2.05) is 18.2 Å². The lowest BCUT2D eigenvalue weighted by Crippen LogP contribution is -2.23. The molecule has 0 spiro atoms. The molecule has 0 atom stereocenters. The molecule has 1 N–H and O–H groups in total. The SMILES string of the molecule is CC(C)NCc1cccn1Cc1cc(Cl)ccc1Cl. The first-order valence-electron chi connectivity index (χ1n) is 6.37. The summed E-state index contributed by atoms with van der Waals surface area (Å²) >= 11 is 12.2. The average Bonchev–Trinajstić information content (AvgIpc) is 2.79. The standard InChI is InChI=1S/C15H18Cl2N2/c1-11(2)18-9-14-4-3-7-19(14)10-12-8-13(16)5-6-15(12)17/h3-8,11,18H,9-10H2,1-2H3. The summed E-state index contributed by atoms with van der Waals surface area (Å²) in [5, 5.41) is 4.89. The van der Waals surface area contributed by atoms with E-state index in [1.54, 1.807) is 0 Å². The molecule has 0 amide bonds.